The summed E-state index contributed by atoms with van der Waals surface area (Å²) in [5.74, 6) is 1.66. The van der Waals surface area contributed by atoms with Crippen LogP contribution in [0.3, 0.4) is 0 Å². The molecule has 0 saturated carbocycles. The van der Waals surface area contributed by atoms with Crippen molar-refractivity contribution in [1.29, 1.82) is 0 Å². The first-order valence-corrected chi connectivity index (χ1v) is 8.72. The van der Waals surface area contributed by atoms with Gasteiger partial charge in [-0.25, -0.2) is 0 Å². The Hall–Kier alpha value is -2.49. The maximum absolute atomic E-state index is 12.7. The van der Waals surface area contributed by atoms with Crippen LogP contribution >= 0.6 is 0 Å². The van der Waals surface area contributed by atoms with E-state index < -0.39 is 0 Å². The highest BCUT2D eigenvalue weighted by Crippen LogP contribution is 2.33. The van der Waals surface area contributed by atoms with Gasteiger partial charge in [-0.3, -0.25) is 4.79 Å². The maximum Gasteiger partial charge on any atom is 0.261 e. The molecular formula is C21H25NO3. The van der Waals surface area contributed by atoms with Crippen LogP contribution in [-0.4, -0.2) is 31.1 Å². The minimum Gasteiger partial charge on any atom is -0.497 e. The number of ether oxygens (including phenoxy) is 2. The molecule has 3 rings (SSSR count). The zero-order valence-electron chi connectivity index (χ0n) is 15.1. The predicted molar refractivity (Wildman–Crippen MR) is 98.1 cm³/mol. The van der Waals surface area contributed by atoms with Gasteiger partial charge in [0, 0.05) is 6.54 Å². The lowest BCUT2D eigenvalue weighted by Gasteiger charge is -2.25. The standard InChI is InChI=1S/C21H25NO3/c1-15-6-4-8-20(16(15)2)25-14-21(23)22-13-5-7-19(22)17-9-11-18(24-3)12-10-17/h4,6,8-12,19H,5,7,13-14H2,1-3H3/t19-/m0/s1. The van der Waals surface area contributed by atoms with Crippen molar-refractivity contribution in [2.45, 2.75) is 32.7 Å². The fourth-order valence-electron chi connectivity index (χ4n) is 3.34. The molecule has 0 unspecified atom stereocenters. The first kappa shape index (κ1) is 17.3. The summed E-state index contributed by atoms with van der Waals surface area (Å²) in [4.78, 5) is 14.6. The van der Waals surface area contributed by atoms with Crippen LogP contribution in [0.4, 0.5) is 0 Å². The lowest BCUT2D eigenvalue weighted by atomic mass is 10.0. The number of methoxy groups -OCH3 is 1. The Kier molecular flexibility index (Phi) is 5.27. The number of aryl methyl sites for hydroxylation is 1. The molecule has 0 N–H and O–H groups in total. The molecule has 1 atom stereocenters. The van der Waals surface area contributed by atoms with Gasteiger partial charge in [0.25, 0.3) is 5.91 Å². The number of nitrogens with zero attached hydrogens (tertiary/aromatic N) is 1. The molecule has 0 spiro atoms. The molecule has 1 heterocycles. The number of hydrogen-bond donors (Lipinski definition) is 0. The van der Waals surface area contributed by atoms with Crippen LogP contribution in [0.15, 0.2) is 42.5 Å². The second kappa shape index (κ2) is 7.60. The van der Waals surface area contributed by atoms with Gasteiger partial charge in [-0.2, -0.15) is 0 Å². The lowest BCUT2D eigenvalue weighted by molar-refractivity contribution is -0.134. The molecule has 0 bridgehead atoms. The number of rotatable bonds is 5. The Balaban J connectivity index is 1.67. The van der Waals surface area contributed by atoms with E-state index in [0.29, 0.717) is 0 Å². The zero-order valence-corrected chi connectivity index (χ0v) is 15.1. The fraction of sp³-hybridized carbons (Fsp3) is 0.381. The second-order valence-corrected chi connectivity index (χ2v) is 6.51. The van der Waals surface area contributed by atoms with E-state index in [1.165, 1.54) is 5.56 Å². The number of hydrogen-bond acceptors (Lipinski definition) is 3. The molecule has 2 aromatic rings. The van der Waals surface area contributed by atoms with Gasteiger partial charge < -0.3 is 14.4 Å². The molecule has 4 heteroatoms. The quantitative estimate of drug-likeness (QED) is 0.825. The smallest absolute Gasteiger partial charge is 0.261 e. The van der Waals surface area contributed by atoms with Gasteiger partial charge in [0.05, 0.1) is 13.2 Å². The minimum atomic E-state index is 0.0409. The molecule has 25 heavy (non-hydrogen) atoms. The third-order valence-corrected chi connectivity index (χ3v) is 4.98. The average molecular weight is 339 g/mol. The summed E-state index contributed by atoms with van der Waals surface area (Å²) in [6.45, 7) is 4.93. The Morgan fingerprint density at radius 2 is 1.92 bits per heavy atom. The summed E-state index contributed by atoms with van der Waals surface area (Å²) in [6, 6.07) is 14.0. The van der Waals surface area contributed by atoms with Crippen molar-refractivity contribution in [3.63, 3.8) is 0 Å². The van der Waals surface area contributed by atoms with Crippen LogP contribution in [0, 0.1) is 13.8 Å². The van der Waals surface area contributed by atoms with Gasteiger partial charge >= 0.3 is 0 Å². The fourth-order valence-corrected chi connectivity index (χ4v) is 3.34. The van der Waals surface area contributed by atoms with E-state index in [1.807, 2.05) is 61.2 Å². The number of carbonyl (C=O) groups excluding carboxylic acids is 1. The first-order valence-electron chi connectivity index (χ1n) is 8.72. The van der Waals surface area contributed by atoms with Crippen molar-refractivity contribution in [2.75, 3.05) is 20.3 Å². The van der Waals surface area contributed by atoms with Crippen LogP contribution in [0.25, 0.3) is 0 Å². The normalized spacial score (nSPS) is 16.8. The molecule has 1 aliphatic heterocycles. The Bertz CT molecular complexity index is 739. The van der Waals surface area contributed by atoms with E-state index in [1.54, 1.807) is 7.11 Å². The van der Waals surface area contributed by atoms with Crippen molar-refractivity contribution in [2.24, 2.45) is 0 Å². The van der Waals surface area contributed by atoms with Crippen LogP contribution in [-0.2, 0) is 4.79 Å². The SMILES string of the molecule is COc1ccc([C@@H]2CCCN2C(=O)COc2cccc(C)c2C)cc1. The first-order chi connectivity index (χ1) is 12.1. The van der Waals surface area contributed by atoms with Gasteiger partial charge in [-0.05, 0) is 61.6 Å². The topological polar surface area (TPSA) is 38.8 Å². The summed E-state index contributed by atoms with van der Waals surface area (Å²) >= 11 is 0. The highest BCUT2D eigenvalue weighted by atomic mass is 16.5. The van der Waals surface area contributed by atoms with Crippen molar-refractivity contribution < 1.29 is 14.3 Å². The number of carbonyl (C=O) groups is 1. The van der Waals surface area contributed by atoms with E-state index in [4.69, 9.17) is 9.47 Å². The number of amides is 1. The Morgan fingerprint density at radius 3 is 2.64 bits per heavy atom. The molecule has 4 nitrogen and oxygen atoms in total. The van der Waals surface area contributed by atoms with E-state index in [9.17, 15) is 4.79 Å². The molecule has 1 fully saturated rings. The number of benzene rings is 2. The molecule has 0 radical (unpaired) electrons. The van der Waals surface area contributed by atoms with Gasteiger partial charge in [0.1, 0.15) is 11.5 Å². The molecular weight excluding hydrogens is 314 g/mol. The van der Waals surface area contributed by atoms with E-state index in [0.717, 1.165) is 42.0 Å². The van der Waals surface area contributed by atoms with Gasteiger partial charge in [-0.1, -0.05) is 24.3 Å². The van der Waals surface area contributed by atoms with Crippen molar-refractivity contribution in [3.8, 4) is 11.5 Å². The summed E-state index contributed by atoms with van der Waals surface area (Å²) in [5.41, 5.74) is 3.41. The largest absolute Gasteiger partial charge is 0.497 e. The molecule has 1 amide bonds. The Labute approximate surface area is 149 Å². The van der Waals surface area contributed by atoms with Crippen molar-refractivity contribution in [1.82, 2.24) is 4.90 Å². The summed E-state index contributed by atoms with van der Waals surface area (Å²) in [7, 11) is 1.66. The van der Waals surface area contributed by atoms with Crippen molar-refractivity contribution >= 4 is 5.91 Å². The van der Waals surface area contributed by atoms with Gasteiger partial charge in [0.15, 0.2) is 6.61 Å². The van der Waals surface area contributed by atoms with Crippen LogP contribution in [0.1, 0.15) is 35.6 Å². The van der Waals surface area contributed by atoms with E-state index in [2.05, 4.69) is 0 Å². The predicted octanol–water partition coefficient (Wildman–Crippen LogP) is 4.05. The second-order valence-electron chi connectivity index (χ2n) is 6.51. The lowest BCUT2D eigenvalue weighted by Crippen LogP contribution is -2.34. The van der Waals surface area contributed by atoms with Gasteiger partial charge in [-0.15, -0.1) is 0 Å². The highest BCUT2D eigenvalue weighted by molar-refractivity contribution is 5.78. The van der Waals surface area contributed by atoms with Crippen molar-refractivity contribution in [3.05, 3.63) is 59.2 Å². The monoisotopic (exact) mass is 339 g/mol. The van der Waals surface area contributed by atoms with Crippen LogP contribution < -0.4 is 9.47 Å². The molecule has 0 aliphatic carbocycles. The average Bonchev–Trinajstić information content (AvgIpc) is 3.12. The third-order valence-electron chi connectivity index (χ3n) is 4.98. The Morgan fingerprint density at radius 1 is 1.16 bits per heavy atom. The molecule has 1 aliphatic rings. The highest BCUT2D eigenvalue weighted by Gasteiger charge is 2.30. The maximum atomic E-state index is 12.7. The summed E-state index contributed by atoms with van der Waals surface area (Å²) in [5, 5.41) is 0. The van der Waals surface area contributed by atoms with E-state index >= 15 is 0 Å². The third kappa shape index (κ3) is 3.78. The van der Waals surface area contributed by atoms with Crippen LogP contribution in [0.5, 0.6) is 11.5 Å². The summed E-state index contributed by atoms with van der Waals surface area (Å²) in [6.07, 6.45) is 2.01. The molecule has 1 saturated heterocycles. The molecule has 2 aromatic carbocycles. The van der Waals surface area contributed by atoms with E-state index in [-0.39, 0.29) is 18.6 Å². The minimum absolute atomic E-state index is 0.0409. The number of likely N-dealkylation sites (tertiary alicyclic amines) is 1. The zero-order chi connectivity index (χ0) is 17.8. The summed E-state index contributed by atoms with van der Waals surface area (Å²) < 4.78 is 11.0. The van der Waals surface area contributed by atoms with Crippen LogP contribution in [0.2, 0.25) is 0 Å². The molecule has 0 aromatic heterocycles. The van der Waals surface area contributed by atoms with Gasteiger partial charge in [0.2, 0.25) is 0 Å². The molecule has 132 valence electrons.